The first-order valence-corrected chi connectivity index (χ1v) is 7.59. The summed E-state index contributed by atoms with van der Waals surface area (Å²) in [6.45, 7) is 4.09. The maximum absolute atomic E-state index is 13.7. The molecule has 4 nitrogen and oxygen atoms in total. The molecular weight excluding hydrogens is 328 g/mol. The minimum atomic E-state index is -1.41. The van der Waals surface area contributed by atoms with Crippen LogP contribution in [0.2, 0.25) is 0 Å². The van der Waals surface area contributed by atoms with Crippen molar-refractivity contribution in [3.8, 4) is 0 Å². The third-order valence-electron chi connectivity index (χ3n) is 4.19. The van der Waals surface area contributed by atoms with E-state index in [1.165, 1.54) is 10.8 Å². The van der Waals surface area contributed by atoms with Crippen LogP contribution in [0.1, 0.15) is 27.0 Å². The number of carboxylic acids is 1. The molecule has 0 saturated heterocycles. The lowest BCUT2D eigenvalue weighted by Crippen LogP contribution is -2.20. The number of nitrogens with zero attached hydrogens (tertiary/aromatic N) is 1. The third kappa shape index (κ3) is 3.03. The van der Waals surface area contributed by atoms with Gasteiger partial charge in [0.25, 0.3) is 0 Å². The van der Waals surface area contributed by atoms with Crippen LogP contribution in [0.5, 0.6) is 0 Å². The number of carbonyl (C=O) groups is 1. The largest absolute Gasteiger partial charge is 0.477 e. The van der Waals surface area contributed by atoms with Gasteiger partial charge in [0.2, 0.25) is 5.43 Å². The van der Waals surface area contributed by atoms with E-state index in [1.54, 1.807) is 0 Å². The first-order valence-electron chi connectivity index (χ1n) is 7.59. The van der Waals surface area contributed by atoms with E-state index in [4.69, 9.17) is 0 Å². The van der Waals surface area contributed by atoms with Gasteiger partial charge in [0.05, 0.1) is 5.52 Å². The molecule has 2 aromatic carbocycles. The molecule has 6 heteroatoms. The predicted octanol–water partition coefficient (Wildman–Crippen LogP) is 3.64. The van der Waals surface area contributed by atoms with Gasteiger partial charge in [-0.1, -0.05) is 23.8 Å². The monoisotopic (exact) mass is 343 g/mol. The van der Waals surface area contributed by atoms with Crippen molar-refractivity contribution in [2.45, 2.75) is 20.4 Å². The van der Waals surface area contributed by atoms with E-state index in [0.29, 0.717) is 0 Å². The molecule has 0 atom stereocenters. The molecule has 0 unspecified atom stereocenters. The van der Waals surface area contributed by atoms with Crippen molar-refractivity contribution in [3.63, 3.8) is 0 Å². The highest BCUT2D eigenvalue weighted by molar-refractivity contribution is 5.92. The molecule has 0 aliphatic carbocycles. The van der Waals surface area contributed by atoms with E-state index in [0.717, 1.165) is 28.8 Å². The quantitative estimate of drug-likeness (QED) is 0.790. The van der Waals surface area contributed by atoms with Crippen LogP contribution in [0.3, 0.4) is 0 Å². The summed E-state index contributed by atoms with van der Waals surface area (Å²) in [7, 11) is 0. The van der Waals surface area contributed by atoms with Crippen molar-refractivity contribution in [1.82, 2.24) is 4.57 Å². The standard InChI is InChI=1S/C19H15F2NO3/c1-10-3-4-12(11(2)5-10)8-22-9-14(19(24)25)18(23)13-6-15(20)16(21)7-17(13)22/h3-7,9H,8H2,1-2H3,(H,24,25). The molecule has 3 rings (SSSR count). The summed E-state index contributed by atoms with van der Waals surface area (Å²) < 4.78 is 28.7. The summed E-state index contributed by atoms with van der Waals surface area (Å²) in [5, 5.41) is 9.09. The summed E-state index contributed by atoms with van der Waals surface area (Å²) in [5.41, 5.74) is 1.77. The molecule has 128 valence electrons. The average molecular weight is 343 g/mol. The zero-order chi connectivity index (χ0) is 18.3. The van der Waals surface area contributed by atoms with E-state index in [-0.39, 0.29) is 17.4 Å². The van der Waals surface area contributed by atoms with Crippen LogP contribution in [0, 0.1) is 25.5 Å². The Kier molecular flexibility index (Phi) is 4.12. The molecule has 0 bridgehead atoms. The van der Waals surface area contributed by atoms with Crippen molar-refractivity contribution in [2.24, 2.45) is 0 Å². The summed E-state index contributed by atoms with van der Waals surface area (Å²) in [4.78, 5) is 23.6. The van der Waals surface area contributed by atoms with Gasteiger partial charge in [-0.05, 0) is 31.0 Å². The van der Waals surface area contributed by atoms with Gasteiger partial charge >= 0.3 is 5.97 Å². The molecule has 0 aliphatic rings. The Labute approximate surface area is 142 Å². The average Bonchev–Trinajstić information content (AvgIpc) is 2.54. The topological polar surface area (TPSA) is 59.3 Å². The minimum absolute atomic E-state index is 0.147. The van der Waals surface area contributed by atoms with E-state index in [2.05, 4.69) is 0 Å². The Balaban J connectivity index is 2.29. The number of aromatic carboxylic acids is 1. The Morgan fingerprint density at radius 2 is 1.80 bits per heavy atom. The number of rotatable bonds is 3. The SMILES string of the molecule is Cc1ccc(Cn2cc(C(=O)O)c(=O)c3cc(F)c(F)cc32)c(C)c1. The smallest absolute Gasteiger partial charge is 0.341 e. The van der Waals surface area contributed by atoms with Gasteiger partial charge in [0.1, 0.15) is 5.56 Å². The number of hydrogen-bond acceptors (Lipinski definition) is 2. The Bertz CT molecular complexity index is 1070. The highest BCUT2D eigenvalue weighted by Crippen LogP contribution is 2.20. The number of benzene rings is 2. The highest BCUT2D eigenvalue weighted by Gasteiger charge is 2.17. The number of pyridine rings is 1. The van der Waals surface area contributed by atoms with Crippen LogP contribution in [0.15, 0.2) is 41.3 Å². The van der Waals surface area contributed by atoms with Crippen molar-refractivity contribution in [2.75, 3.05) is 0 Å². The van der Waals surface area contributed by atoms with E-state index in [1.807, 2.05) is 32.0 Å². The van der Waals surface area contributed by atoms with E-state index >= 15 is 0 Å². The van der Waals surface area contributed by atoms with Crippen LogP contribution < -0.4 is 5.43 Å². The molecule has 1 aromatic heterocycles. The van der Waals surface area contributed by atoms with Crippen LogP contribution in [-0.2, 0) is 6.54 Å². The third-order valence-corrected chi connectivity index (χ3v) is 4.19. The fourth-order valence-electron chi connectivity index (χ4n) is 2.87. The molecule has 0 radical (unpaired) electrons. The number of halogens is 2. The molecule has 3 aromatic rings. The number of aryl methyl sites for hydroxylation is 2. The van der Waals surface area contributed by atoms with Crippen molar-refractivity contribution in [3.05, 3.63) is 80.6 Å². The van der Waals surface area contributed by atoms with E-state index in [9.17, 15) is 23.5 Å². The number of aromatic nitrogens is 1. The zero-order valence-electron chi connectivity index (χ0n) is 13.6. The maximum atomic E-state index is 13.7. The van der Waals surface area contributed by atoms with Gasteiger partial charge in [0.15, 0.2) is 11.6 Å². The van der Waals surface area contributed by atoms with Gasteiger partial charge in [-0.3, -0.25) is 4.79 Å². The Morgan fingerprint density at radius 3 is 2.44 bits per heavy atom. The van der Waals surface area contributed by atoms with Gasteiger partial charge in [-0.25, -0.2) is 13.6 Å². The van der Waals surface area contributed by atoms with Gasteiger partial charge in [0, 0.05) is 24.2 Å². The second-order valence-electron chi connectivity index (χ2n) is 6.02. The van der Waals surface area contributed by atoms with E-state index < -0.39 is 28.6 Å². The lowest BCUT2D eigenvalue weighted by Gasteiger charge is -2.15. The van der Waals surface area contributed by atoms with Crippen LogP contribution >= 0.6 is 0 Å². The number of fused-ring (bicyclic) bond motifs is 1. The summed E-state index contributed by atoms with van der Waals surface area (Å²) in [6.07, 6.45) is 1.17. The Hall–Kier alpha value is -3.02. The lowest BCUT2D eigenvalue weighted by molar-refractivity contribution is 0.0695. The minimum Gasteiger partial charge on any atom is -0.477 e. The first kappa shape index (κ1) is 16.8. The summed E-state index contributed by atoms with van der Waals surface area (Å²) in [5.74, 6) is -3.69. The second-order valence-corrected chi connectivity index (χ2v) is 6.02. The molecule has 0 saturated carbocycles. The molecule has 0 fully saturated rings. The maximum Gasteiger partial charge on any atom is 0.341 e. The van der Waals surface area contributed by atoms with Crippen LogP contribution in [0.25, 0.3) is 10.9 Å². The normalized spacial score (nSPS) is 11.0. The number of carboxylic acid groups (broad SMARTS) is 1. The molecule has 1 heterocycles. The van der Waals surface area contributed by atoms with Crippen LogP contribution in [-0.4, -0.2) is 15.6 Å². The molecular formula is C19H15F2NO3. The van der Waals surface area contributed by atoms with Gasteiger partial charge in [-0.15, -0.1) is 0 Å². The van der Waals surface area contributed by atoms with Gasteiger partial charge < -0.3 is 9.67 Å². The molecule has 0 aliphatic heterocycles. The lowest BCUT2D eigenvalue weighted by atomic mass is 10.0. The second kappa shape index (κ2) is 6.12. The molecule has 0 amide bonds. The molecule has 0 spiro atoms. The molecule has 25 heavy (non-hydrogen) atoms. The predicted molar refractivity (Wildman–Crippen MR) is 90.1 cm³/mol. The zero-order valence-corrected chi connectivity index (χ0v) is 13.6. The summed E-state index contributed by atoms with van der Waals surface area (Å²) >= 11 is 0. The molecule has 1 N–H and O–H groups in total. The van der Waals surface area contributed by atoms with Crippen molar-refractivity contribution >= 4 is 16.9 Å². The first-order chi connectivity index (χ1) is 11.8. The highest BCUT2D eigenvalue weighted by atomic mass is 19.2. The van der Waals surface area contributed by atoms with Crippen molar-refractivity contribution < 1.29 is 18.7 Å². The summed E-state index contributed by atoms with van der Waals surface area (Å²) in [6, 6.07) is 7.43. The Morgan fingerprint density at radius 1 is 1.12 bits per heavy atom. The number of hydrogen-bond donors (Lipinski definition) is 1. The van der Waals surface area contributed by atoms with Crippen molar-refractivity contribution in [1.29, 1.82) is 0 Å². The van der Waals surface area contributed by atoms with Gasteiger partial charge in [-0.2, -0.15) is 0 Å². The fourth-order valence-corrected chi connectivity index (χ4v) is 2.87. The fraction of sp³-hybridized carbons (Fsp3) is 0.158. The van der Waals surface area contributed by atoms with Crippen LogP contribution in [0.4, 0.5) is 8.78 Å².